The third-order valence-corrected chi connectivity index (χ3v) is 11.1. The summed E-state index contributed by atoms with van der Waals surface area (Å²) in [5.74, 6) is 2.96. The summed E-state index contributed by atoms with van der Waals surface area (Å²) in [5.41, 5.74) is 2.49. The fourth-order valence-corrected chi connectivity index (χ4v) is 9.32. The molecule has 7 atom stereocenters. The fourth-order valence-electron chi connectivity index (χ4n) is 9.32. The minimum absolute atomic E-state index is 0.612. The van der Waals surface area contributed by atoms with Gasteiger partial charge in [0.05, 0.1) is 0 Å². The third kappa shape index (κ3) is 2.45. The first-order chi connectivity index (χ1) is 12.3. The van der Waals surface area contributed by atoms with Crippen molar-refractivity contribution >= 4 is 0 Å². The van der Waals surface area contributed by atoms with Crippen molar-refractivity contribution in [3.63, 3.8) is 0 Å². The zero-order valence-corrected chi connectivity index (χ0v) is 18.2. The summed E-state index contributed by atoms with van der Waals surface area (Å²) in [4.78, 5) is 0. The average molecular weight is 357 g/mol. The molecule has 0 amide bonds. The lowest BCUT2D eigenvalue weighted by Gasteiger charge is -2.69. The molecule has 4 aliphatic carbocycles. The van der Waals surface area contributed by atoms with Crippen LogP contribution in [0.5, 0.6) is 0 Å². The lowest BCUT2D eigenvalue weighted by Crippen LogP contribution is -2.61. The van der Waals surface area contributed by atoms with Gasteiger partial charge >= 0.3 is 0 Å². The normalized spacial score (nSPS) is 53.5. The number of unbranched alkanes of at least 4 members (excludes halogenated alkanes) is 1. The molecular weight excluding hydrogens is 312 g/mol. The minimum Gasteiger partial charge on any atom is -0.103 e. The zero-order valence-electron chi connectivity index (χ0n) is 18.2. The number of rotatable bonds is 4. The first kappa shape index (κ1) is 19.1. The number of hydrogen-bond acceptors (Lipinski definition) is 0. The van der Waals surface area contributed by atoms with Gasteiger partial charge in [-0.05, 0) is 110 Å². The van der Waals surface area contributed by atoms with Crippen LogP contribution in [-0.2, 0) is 0 Å². The van der Waals surface area contributed by atoms with Gasteiger partial charge in [-0.15, -0.1) is 6.58 Å². The minimum atomic E-state index is 0.612. The molecule has 148 valence electrons. The predicted octanol–water partition coefficient (Wildman–Crippen LogP) is 8.17. The second kappa shape index (κ2) is 6.38. The van der Waals surface area contributed by atoms with E-state index < -0.39 is 0 Å². The summed E-state index contributed by atoms with van der Waals surface area (Å²) in [7, 11) is 0. The first-order valence-corrected chi connectivity index (χ1v) is 11.9. The van der Waals surface area contributed by atoms with Crippen molar-refractivity contribution in [3.8, 4) is 0 Å². The molecule has 4 saturated carbocycles. The van der Waals surface area contributed by atoms with Crippen molar-refractivity contribution in [1.29, 1.82) is 0 Å². The highest BCUT2D eigenvalue weighted by molar-refractivity contribution is 5.15. The Labute approximate surface area is 163 Å². The molecule has 0 bridgehead atoms. The molecule has 0 saturated heterocycles. The molecule has 4 fully saturated rings. The van der Waals surface area contributed by atoms with E-state index in [2.05, 4.69) is 40.3 Å². The van der Waals surface area contributed by atoms with E-state index in [9.17, 15) is 0 Å². The molecule has 0 spiro atoms. The van der Waals surface area contributed by atoms with Gasteiger partial charge in [-0.25, -0.2) is 0 Å². The topological polar surface area (TPSA) is 0 Å². The molecule has 4 rings (SSSR count). The van der Waals surface area contributed by atoms with Crippen LogP contribution in [-0.4, -0.2) is 0 Å². The molecule has 7 unspecified atom stereocenters. The van der Waals surface area contributed by atoms with E-state index in [0.717, 1.165) is 17.8 Å². The Morgan fingerprint density at radius 2 is 1.58 bits per heavy atom. The predicted molar refractivity (Wildman–Crippen MR) is 113 cm³/mol. The van der Waals surface area contributed by atoms with Crippen LogP contribution in [0.15, 0.2) is 12.7 Å². The molecule has 0 nitrogen and oxygen atoms in total. The van der Waals surface area contributed by atoms with Gasteiger partial charge in [-0.3, -0.25) is 0 Å². The van der Waals surface area contributed by atoms with Crippen molar-refractivity contribution in [2.45, 2.75) is 111 Å². The molecule has 0 aliphatic heterocycles. The fraction of sp³-hybridized carbons (Fsp3) is 0.923. The summed E-state index contributed by atoms with van der Waals surface area (Å²) in [6, 6.07) is 0. The highest BCUT2D eigenvalue weighted by Gasteiger charge is 2.66. The second-order valence-corrected chi connectivity index (χ2v) is 11.8. The van der Waals surface area contributed by atoms with E-state index in [0.29, 0.717) is 21.7 Å². The monoisotopic (exact) mass is 356 g/mol. The largest absolute Gasteiger partial charge is 0.103 e. The van der Waals surface area contributed by atoms with Gasteiger partial charge in [0, 0.05) is 0 Å². The Bertz CT molecular complexity index is 548. The lowest BCUT2D eigenvalue weighted by molar-refractivity contribution is -0.197. The van der Waals surface area contributed by atoms with Gasteiger partial charge in [-0.1, -0.05) is 46.6 Å². The molecule has 0 heterocycles. The van der Waals surface area contributed by atoms with Crippen LogP contribution in [0, 0.1) is 39.4 Å². The van der Waals surface area contributed by atoms with Crippen LogP contribution >= 0.6 is 0 Å². The van der Waals surface area contributed by atoms with Crippen molar-refractivity contribution < 1.29 is 0 Å². The van der Waals surface area contributed by atoms with Gasteiger partial charge in [0.15, 0.2) is 0 Å². The quantitative estimate of drug-likeness (QED) is 0.352. The SMILES string of the molecule is C=CCCCC1CCC2C1(C)CCC1C2(C)CCC2(C)CCCCC12C. The molecule has 0 aromatic heterocycles. The standard InChI is InChI=1S/C26H44/c1-6-7-8-11-20-12-13-21-24(20,3)17-14-22-25(21,4)19-18-23(2)15-9-10-16-26(22,23)5/h6,20-22H,1,7-19H2,2-5H3. The summed E-state index contributed by atoms with van der Waals surface area (Å²) >= 11 is 0. The van der Waals surface area contributed by atoms with E-state index >= 15 is 0 Å². The Balaban J connectivity index is 1.61. The van der Waals surface area contributed by atoms with E-state index in [4.69, 9.17) is 0 Å². The molecule has 26 heavy (non-hydrogen) atoms. The highest BCUT2D eigenvalue weighted by Crippen LogP contribution is 2.75. The summed E-state index contributed by atoms with van der Waals surface area (Å²) in [6.07, 6.45) is 21.2. The van der Waals surface area contributed by atoms with E-state index in [1.165, 1.54) is 83.5 Å². The van der Waals surface area contributed by atoms with Crippen LogP contribution in [0.1, 0.15) is 111 Å². The zero-order chi connectivity index (χ0) is 18.6. The summed E-state index contributed by atoms with van der Waals surface area (Å²) < 4.78 is 0. The Kier molecular flexibility index (Phi) is 4.68. The molecule has 4 aliphatic rings. The van der Waals surface area contributed by atoms with Gasteiger partial charge < -0.3 is 0 Å². The Morgan fingerprint density at radius 3 is 2.35 bits per heavy atom. The molecule has 0 heteroatoms. The maximum absolute atomic E-state index is 3.94. The van der Waals surface area contributed by atoms with Gasteiger partial charge in [0.25, 0.3) is 0 Å². The van der Waals surface area contributed by atoms with Crippen molar-refractivity contribution in [3.05, 3.63) is 12.7 Å². The van der Waals surface area contributed by atoms with Crippen LogP contribution in [0.4, 0.5) is 0 Å². The molecular formula is C26H44. The molecule has 0 aromatic carbocycles. The summed E-state index contributed by atoms with van der Waals surface area (Å²) in [5, 5.41) is 0. The molecule has 0 N–H and O–H groups in total. The van der Waals surface area contributed by atoms with E-state index in [-0.39, 0.29) is 0 Å². The van der Waals surface area contributed by atoms with Crippen LogP contribution in [0.3, 0.4) is 0 Å². The van der Waals surface area contributed by atoms with Gasteiger partial charge in [0.2, 0.25) is 0 Å². The van der Waals surface area contributed by atoms with Gasteiger partial charge in [0.1, 0.15) is 0 Å². The summed E-state index contributed by atoms with van der Waals surface area (Å²) in [6.45, 7) is 14.8. The van der Waals surface area contributed by atoms with Crippen molar-refractivity contribution in [2.24, 2.45) is 39.4 Å². The Morgan fingerprint density at radius 1 is 0.808 bits per heavy atom. The maximum Gasteiger partial charge on any atom is -0.0238 e. The first-order valence-electron chi connectivity index (χ1n) is 11.9. The second-order valence-electron chi connectivity index (χ2n) is 11.8. The van der Waals surface area contributed by atoms with Crippen molar-refractivity contribution in [2.75, 3.05) is 0 Å². The van der Waals surface area contributed by atoms with E-state index in [1.54, 1.807) is 0 Å². The van der Waals surface area contributed by atoms with Crippen LogP contribution in [0.25, 0.3) is 0 Å². The van der Waals surface area contributed by atoms with Crippen LogP contribution < -0.4 is 0 Å². The lowest BCUT2D eigenvalue weighted by atomic mass is 9.36. The van der Waals surface area contributed by atoms with Crippen LogP contribution in [0.2, 0.25) is 0 Å². The van der Waals surface area contributed by atoms with Crippen molar-refractivity contribution in [1.82, 2.24) is 0 Å². The molecule has 0 aromatic rings. The Hall–Kier alpha value is -0.260. The molecule has 0 radical (unpaired) electrons. The maximum atomic E-state index is 3.94. The number of fused-ring (bicyclic) bond motifs is 5. The van der Waals surface area contributed by atoms with Gasteiger partial charge in [-0.2, -0.15) is 0 Å². The third-order valence-electron chi connectivity index (χ3n) is 11.1. The average Bonchev–Trinajstić information content (AvgIpc) is 2.94. The smallest absolute Gasteiger partial charge is 0.0238 e. The number of hydrogen-bond donors (Lipinski definition) is 0. The highest BCUT2D eigenvalue weighted by atomic mass is 14.7. The number of allylic oxidation sites excluding steroid dienone is 1. The van der Waals surface area contributed by atoms with E-state index in [1.807, 2.05) is 0 Å².